The standard InChI is InChI=1S/C18H30N4OS.HI/c1-2-19-18(20-13-15-7-6-12-24-15)21-14-16(17-8-5-11-23-17)22-9-3-4-10-22;/h5,8,11,15-16H,2-4,6-7,9-10,12-14H2,1H3,(H2,19,20,21);1H. The average Bonchev–Trinajstić information content (AvgIpc) is 3.35. The third kappa shape index (κ3) is 6.36. The maximum Gasteiger partial charge on any atom is 0.191 e. The molecular weight excluding hydrogens is 447 g/mol. The molecule has 2 aliphatic rings. The maximum absolute atomic E-state index is 5.69. The third-order valence-corrected chi connectivity index (χ3v) is 6.14. The maximum atomic E-state index is 5.69. The lowest BCUT2D eigenvalue weighted by atomic mass is 10.2. The van der Waals surface area contributed by atoms with E-state index in [1.165, 1.54) is 31.4 Å². The number of furan rings is 1. The molecule has 0 aromatic carbocycles. The SMILES string of the molecule is CCNC(=NCC(c1ccco1)N1CCCC1)NCC1CCCS1.I. The van der Waals surface area contributed by atoms with Crippen LogP contribution in [0.3, 0.4) is 0 Å². The molecule has 2 aliphatic heterocycles. The lowest BCUT2D eigenvalue weighted by molar-refractivity contribution is 0.221. The molecule has 2 unspecified atom stereocenters. The molecule has 2 fully saturated rings. The van der Waals surface area contributed by atoms with Gasteiger partial charge in [0.25, 0.3) is 0 Å². The molecule has 0 saturated carbocycles. The summed E-state index contributed by atoms with van der Waals surface area (Å²) in [5.74, 6) is 3.26. The van der Waals surface area contributed by atoms with Gasteiger partial charge in [-0.2, -0.15) is 11.8 Å². The highest BCUT2D eigenvalue weighted by molar-refractivity contribution is 14.0. The first-order valence-corrected chi connectivity index (χ1v) is 10.3. The van der Waals surface area contributed by atoms with Crippen LogP contribution in [-0.2, 0) is 0 Å². The summed E-state index contributed by atoms with van der Waals surface area (Å²) < 4.78 is 5.69. The largest absolute Gasteiger partial charge is 0.468 e. The highest BCUT2D eigenvalue weighted by atomic mass is 127. The fourth-order valence-corrected chi connectivity index (χ4v) is 4.66. The van der Waals surface area contributed by atoms with Crippen molar-refractivity contribution in [3.63, 3.8) is 0 Å². The van der Waals surface area contributed by atoms with Crippen LogP contribution in [0.5, 0.6) is 0 Å². The topological polar surface area (TPSA) is 52.8 Å². The van der Waals surface area contributed by atoms with Crippen molar-refractivity contribution in [1.82, 2.24) is 15.5 Å². The molecule has 0 amide bonds. The minimum Gasteiger partial charge on any atom is -0.468 e. The van der Waals surface area contributed by atoms with Crippen LogP contribution in [0.4, 0.5) is 0 Å². The average molecular weight is 478 g/mol. The minimum atomic E-state index is 0. The molecule has 1 aromatic rings. The second-order valence-electron chi connectivity index (χ2n) is 6.51. The van der Waals surface area contributed by atoms with Gasteiger partial charge in [0.15, 0.2) is 5.96 Å². The Labute approximate surface area is 172 Å². The number of halogens is 1. The highest BCUT2D eigenvalue weighted by Crippen LogP contribution is 2.26. The summed E-state index contributed by atoms with van der Waals surface area (Å²) in [5.41, 5.74) is 0. The van der Waals surface area contributed by atoms with Crippen molar-refractivity contribution in [3.8, 4) is 0 Å². The van der Waals surface area contributed by atoms with E-state index in [-0.39, 0.29) is 30.0 Å². The number of nitrogens with one attached hydrogen (secondary N) is 2. The number of hydrogen-bond acceptors (Lipinski definition) is 4. The normalized spacial score (nSPS) is 22.6. The van der Waals surface area contributed by atoms with Crippen LogP contribution in [0.1, 0.15) is 44.4 Å². The van der Waals surface area contributed by atoms with Crippen molar-refractivity contribution in [3.05, 3.63) is 24.2 Å². The lowest BCUT2D eigenvalue weighted by Gasteiger charge is -2.24. The van der Waals surface area contributed by atoms with Gasteiger partial charge in [-0.15, -0.1) is 24.0 Å². The Hall–Kier alpha value is -0.410. The summed E-state index contributed by atoms with van der Waals surface area (Å²) in [4.78, 5) is 7.36. The Morgan fingerprint density at radius 2 is 2.20 bits per heavy atom. The van der Waals surface area contributed by atoms with Gasteiger partial charge in [-0.05, 0) is 63.6 Å². The molecule has 2 N–H and O–H groups in total. The Morgan fingerprint density at radius 3 is 2.84 bits per heavy atom. The fraction of sp³-hybridized carbons (Fsp3) is 0.722. The number of nitrogens with zero attached hydrogens (tertiary/aromatic N) is 2. The molecule has 25 heavy (non-hydrogen) atoms. The second kappa shape index (κ2) is 11.3. The van der Waals surface area contributed by atoms with E-state index in [0.29, 0.717) is 0 Å². The predicted molar refractivity (Wildman–Crippen MR) is 117 cm³/mol. The smallest absolute Gasteiger partial charge is 0.191 e. The van der Waals surface area contributed by atoms with Crippen LogP contribution in [0, 0.1) is 0 Å². The van der Waals surface area contributed by atoms with Crippen LogP contribution in [0.25, 0.3) is 0 Å². The summed E-state index contributed by atoms with van der Waals surface area (Å²) in [5, 5.41) is 7.63. The summed E-state index contributed by atoms with van der Waals surface area (Å²) in [6, 6.07) is 4.30. The zero-order valence-corrected chi connectivity index (χ0v) is 18.2. The number of hydrogen-bond donors (Lipinski definition) is 2. The van der Waals surface area contributed by atoms with E-state index in [1.807, 2.05) is 6.07 Å². The highest BCUT2D eigenvalue weighted by Gasteiger charge is 2.25. The van der Waals surface area contributed by atoms with Gasteiger partial charge in [0.2, 0.25) is 0 Å². The van der Waals surface area contributed by atoms with Crippen molar-refractivity contribution in [2.75, 3.05) is 38.5 Å². The molecule has 3 rings (SSSR count). The van der Waals surface area contributed by atoms with Crippen LogP contribution in [0.2, 0.25) is 0 Å². The number of rotatable bonds is 7. The molecule has 7 heteroatoms. The van der Waals surface area contributed by atoms with Gasteiger partial charge in [-0.3, -0.25) is 9.89 Å². The summed E-state index contributed by atoms with van der Waals surface area (Å²) in [6.07, 6.45) is 6.99. The zero-order chi connectivity index (χ0) is 16.6. The van der Waals surface area contributed by atoms with Crippen molar-refractivity contribution in [2.24, 2.45) is 4.99 Å². The lowest BCUT2D eigenvalue weighted by Crippen LogP contribution is -2.41. The van der Waals surface area contributed by atoms with Gasteiger partial charge in [0, 0.05) is 18.3 Å². The van der Waals surface area contributed by atoms with Crippen LogP contribution in [-0.4, -0.2) is 54.6 Å². The first kappa shape index (κ1) is 20.9. The Balaban J connectivity index is 0.00000225. The monoisotopic (exact) mass is 478 g/mol. The fourth-order valence-electron chi connectivity index (χ4n) is 3.45. The van der Waals surface area contributed by atoms with Crippen molar-refractivity contribution in [1.29, 1.82) is 0 Å². The van der Waals surface area contributed by atoms with E-state index in [9.17, 15) is 0 Å². The van der Waals surface area contributed by atoms with E-state index in [4.69, 9.17) is 9.41 Å². The van der Waals surface area contributed by atoms with Crippen LogP contribution < -0.4 is 10.6 Å². The molecule has 5 nitrogen and oxygen atoms in total. The van der Waals surface area contributed by atoms with Gasteiger partial charge < -0.3 is 15.1 Å². The molecule has 0 spiro atoms. The first-order chi connectivity index (χ1) is 11.9. The molecular formula is C18H31IN4OS. The molecule has 0 bridgehead atoms. The number of aliphatic imine (C=N–C) groups is 1. The van der Waals surface area contributed by atoms with Crippen LogP contribution in [0.15, 0.2) is 27.8 Å². The molecule has 2 atom stereocenters. The van der Waals surface area contributed by atoms with Gasteiger partial charge in [0.05, 0.1) is 18.8 Å². The van der Waals surface area contributed by atoms with E-state index in [2.05, 4.69) is 40.3 Å². The Bertz CT molecular complexity index is 499. The van der Waals surface area contributed by atoms with Gasteiger partial charge >= 0.3 is 0 Å². The third-order valence-electron chi connectivity index (χ3n) is 4.74. The molecule has 1 aromatic heterocycles. The minimum absolute atomic E-state index is 0. The summed E-state index contributed by atoms with van der Waals surface area (Å²) in [7, 11) is 0. The molecule has 2 saturated heterocycles. The molecule has 0 aliphatic carbocycles. The Morgan fingerprint density at radius 1 is 1.36 bits per heavy atom. The molecule has 0 radical (unpaired) electrons. The van der Waals surface area contributed by atoms with E-state index >= 15 is 0 Å². The van der Waals surface area contributed by atoms with E-state index in [1.54, 1.807) is 6.26 Å². The van der Waals surface area contributed by atoms with Crippen LogP contribution >= 0.6 is 35.7 Å². The number of likely N-dealkylation sites (tertiary alicyclic amines) is 1. The zero-order valence-electron chi connectivity index (χ0n) is 15.1. The van der Waals surface area contributed by atoms with Gasteiger partial charge in [0.1, 0.15) is 5.76 Å². The predicted octanol–water partition coefficient (Wildman–Crippen LogP) is 3.49. The number of guanidine groups is 1. The van der Waals surface area contributed by atoms with E-state index < -0.39 is 0 Å². The van der Waals surface area contributed by atoms with Gasteiger partial charge in [-0.1, -0.05) is 0 Å². The first-order valence-electron chi connectivity index (χ1n) is 9.28. The van der Waals surface area contributed by atoms with Crippen molar-refractivity contribution < 1.29 is 4.42 Å². The summed E-state index contributed by atoms with van der Waals surface area (Å²) >= 11 is 2.08. The van der Waals surface area contributed by atoms with E-state index in [0.717, 1.165) is 49.7 Å². The number of thioether (sulfide) groups is 1. The second-order valence-corrected chi connectivity index (χ2v) is 7.92. The molecule has 142 valence electrons. The molecule has 3 heterocycles. The van der Waals surface area contributed by atoms with Crippen molar-refractivity contribution >= 4 is 41.7 Å². The quantitative estimate of drug-likeness (QED) is 0.357. The van der Waals surface area contributed by atoms with Crippen molar-refractivity contribution in [2.45, 2.75) is 43.9 Å². The van der Waals surface area contributed by atoms with Gasteiger partial charge in [-0.25, -0.2) is 0 Å². The Kier molecular flexibility index (Phi) is 9.47. The summed E-state index contributed by atoms with van der Waals surface area (Å²) in [6.45, 7) is 7.03.